The maximum absolute atomic E-state index is 12.6. The molecule has 10 heteroatoms. The highest BCUT2D eigenvalue weighted by Gasteiger charge is 2.33. The van der Waals surface area contributed by atoms with Crippen LogP contribution in [0.3, 0.4) is 0 Å². The number of carbonyl (C=O) groups excluding carboxylic acids is 1. The summed E-state index contributed by atoms with van der Waals surface area (Å²) in [5, 5.41) is 5.24. The van der Waals surface area contributed by atoms with E-state index in [2.05, 4.69) is 20.4 Å². The smallest absolute Gasteiger partial charge is 0.360 e. The Hall–Kier alpha value is -2.10. The van der Waals surface area contributed by atoms with Gasteiger partial charge in [0.25, 0.3) is 0 Å². The number of anilines is 1. The van der Waals surface area contributed by atoms with Gasteiger partial charge in [-0.15, -0.1) is 0 Å². The molecule has 0 aliphatic heterocycles. The molecule has 2 aromatic rings. The van der Waals surface area contributed by atoms with Crippen molar-refractivity contribution in [2.24, 2.45) is 0 Å². The van der Waals surface area contributed by atoms with Crippen LogP contribution >= 0.6 is 11.8 Å². The van der Waals surface area contributed by atoms with Crippen LogP contribution in [0.2, 0.25) is 0 Å². The highest BCUT2D eigenvalue weighted by Crippen LogP contribution is 2.29. The molecule has 0 aliphatic carbocycles. The molecule has 0 radical (unpaired) electrons. The van der Waals surface area contributed by atoms with Crippen molar-refractivity contribution >= 4 is 23.5 Å². The Morgan fingerprint density at radius 3 is 2.77 bits per heavy atom. The van der Waals surface area contributed by atoms with Crippen LogP contribution in [0.15, 0.2) is 28.0 Å². The van der Waals surface area contributed by atoms with E-state index in [0.717, 1.165) is 24.0 Å². The van der Waals surface area contributed by atoms with Gasteiger partial charge in [0.2, 0.25) is 5.91 Å². The summed E-state index contributed by atoms with van der Waals surface area (Å²) < 4.78 is 42.5. The summed E-state index contributed by atoms with van der Waals surface area (Å²) in [7, 11) is 0. The number of hydrogen-bond donors (Lipinski definition) is 1. The Morgan fingerprint density at radius 2 is 2.18 bits per heavy atom. The van der Waals surface area contributed by atoms with Crippen molar-refractivity contribution in [1.82, 2.24) is 15.1 Å². The Kier molecular flexibility index (Phi) is 4.69. The fourth-order valence-electron chi connectivity index (χ4n) is 1.42. The number of carbonyl (C=O) groups is 1. The number of rotatable bonds is 4. The van der Waals surface area contributed by atoms with Gasteiger partial charge in [-0.25, -0.2) is 9.97 Å². The van der Waals surface area contributed by atoms with Gasteiger partial charge < -0.3 is 9.84 Å². The van der Waals surface area contributed by atoms with Crippen LogP contribution in [0.1, 0.15) is 18.4 Å². The maximum Gasteiger partial charge on any atom is 0.433 e. The van der Waals surface area contributed by atoms with E-state index in [1.807, 2.05) is 0 Å². The summed E-state index contributed by atoms with van der Waals surface area (Å²) in [6, 6.07) is 2.29. The van der Waals surface area contributed by atoms with Gasteiger partial charge in [-0.2, -0.15) is 13.2 Å². The van der Waals surface area contributed by atoms with Crippen LogP contribution < -0.4 is 5.32 Å². The molecule has 2 rings (SSSR count). The minimum atomic E-state index is -4.55. The monoisotopic (exact) mass is 332 g/mol. The number of alkyl halides is 3. The van der Waals surface area contributed by atoms with E-state index in [9.17, 15) is 18.0 Å². The molecule has 118 valence electrons. The lowest BCUT2D eigenvalue weighted by molar-refractivity contribution is -0.141. The molecular formula is C12H11F3N4O2S. The molecule has 1 amide bonds. The number of aryl methyl sites for hydroxylation is 1. The van der Waals surface area contributed by atoms with E-state index < -0.39 is 23.0 Å². The van der Waals surface area contributed by atoms with E-state index in [0.29, 0.717) is 5.76 Å². The molecular weight excluding hydrogens is 321 g/mol. The highest BCUT2D eigenvalue weighted by atomic mass is 32.2. The number of hydrogen-bond acceptors (Lipinski definition) is 6. The number of nitrogens with one attached hydrogen (secondary N) is 1. The molecule has 1 unspecified atom stereocenters. The topological polar surface area (TPSA) is 80.9 Å². The summed E-state index contributed by atoms with van der Waals surface area (Å²) >= 11 is 0.815. The maximum atomic E-state index is 12.6. The molecule has 0 aromatic carbocycles. The largest absolute Gasteiger partial charge is 0.433 e. The lowest BCUT2D eigenvalue weighted by Crippen LogP contribution is -2.23. The quantitative estimate of drug-likeness (QED) is 0.685. The van der Waals surface area contributed by atoms with E-state index >= 15 is 0 Å². The van der Waals surface area contributed by atoms with Crippen molar-refractivity contribution in [2.75, 3.05) is 5.32 Å². The minimum Gasteiger partial charge on any atom is -0.360 e. The number of thioether (sulfide) groups is 1. The van der Waals surface area contributed by atoms with Crippen LogP contribution in [0.4, 0.5) is 19.0 Å². The van der Waals surface area contributed by atoms with Crippen molar-refractivity contribution in [2.45, 2.75) is 30.4 Å². The standard InChI is InChI=1S/C12H11F3N4O2S/c1-6-5-9(19-21-6)18-10(20)7(2)22-11-16-4-3-8(17-11)12(13,14)15/h3-5,7H,1-2H3,(H,18,19,20). The molecule has 0 saturated carbocycles. The van der Waals surface area contributed by atoms with Gasteiger partial charge in [-0.1, -0.05) is 16.9 Å². The van der Waals surface area contributed by atoms with E-state index in [-0.39, 0.29) is 11.0 Å². The first kappa shape index (κ1) is 16.3. The zero-order chi connectivity index (χ0) is 16.3. The predicted molar refractivity (Wildman–Crippen MR) is 72.2 cm³/mol. The number of halogens is 3. The van der Waals surface area contributed by atoms with Gasteiger partial charge in [0.1, 0.15) is 11.5 Å². The second kappa shape index (κ2) is 6.34. The zero-order valence-electron chi connectivity index (χ0n) is 11.5. The fraction of sp³-hybridized carbons (Fsp3) is 0.333. The Morgan fingerprint density at radius 1 is 1.45 bits per heavy atom. The lowest BCUT2D eigenvalue weighted by atomic mass is 10.4. The zero-order valence-corrected chi connectivity index (χ0v) is 12.3. The Labute approximate surface area is 127 Å². The molecule has 0 saturated heterocycles. The minimum absolute atomic E-state index is 0.131. The summed E-state index contributed by atoms with van der Waals surface area (Å²) in [4.78, 5) is 19.0. The molecule has 1 N–H and O–H groups in total. The summed E-state index contributed by atoms with van der Waals surface area (Å²) in [5.41, 5.74) is -1.05. The van der Waals surface area contributed by atoms with E-state index in [4.69, 9.17) is 4.52 Å². The number of aromatic nitrogens is 3. The molecule has 6 nitrogen and oxygen atoms in total. The molecule has 0 bridgehead atoms. The third-order valence-electron chi connectivity index (χ3n) is 2.45. The average Bonchev–Trinajstić information content (AvgIpc) is 2.83. The lowest BCUT2D eigenvalue weighted by Gasteiger charge is -2.10. The SMILES string of the molecule is Cc1cc(NC(=O)C(C)Sc2nccc(C(F)(F)F)n2)no1. The van der Waals surface area contributed by atoms with Crippen molar-refractivity contribution in [1.29, 1.82) is 0 Å². The van der Waals surface area contributed by atoms with Crippen molar-refractivity contribution in [3.05, 3.63) is 29.8 Å². The number of nitrogens with zero attached hydrogens (tertiary/aromatic N) is 3. The summed E-state index contributed by atoms with van der Waals surface area (Å²) in [5.74, 6) is 0.316. The molecule has 1 atom stereocenters. The second-order valence-corrected chi connectivity index (χ2v) is 5.60. The van der Waals surface area contributed by atoms with E-state index in [1.54, 1.807) is 6.92 Å². The molecule has 2 heterocycles. The molecule has 0 aliphatic rings. The van der Waals surface area contributed by atoms with Crippen molar-refractivity contribution in [3.8, 4) is 0 Å². The first-order valence-electron chi connectivity index (χ1n) is 6.07. The van der Waals surface area contributed by atoms with Crippen molar-refractivity contribution in [3.63, 3.8) is 0 Å². The molecule has 2 aromatic heterocycles. The van der Waals surface area contributed by atoms with Crippen LogP contribution in [0, 0.1) is 6.92 Å². The molecule has 22 heavy (non-hydrogen) atoms. The molecule has 0 spiro atoms. The van der Waals surface area contributed by atoms with Gasteiger partial charge in [-0.3, -0.25) is 4.79 Å². The third kappa shape index (κ3) is 4.20. The van der Waals surface area contributed by atoms with Gasteiger partial charge in [0, 0.05) is 12.3 Å². The molecule has 0 fully saturated rings. The normalized spacial score (nSPS) is 13.0. The Balaban J connectivity index is 2.02. The first-order valence-corrected chi connectivity index (χ1v) is 6.95. The average molecular weight is 332 g/mol. The van der Waals surface area contributed by atoms with Gasteiger partial charge >= 0.3 is 6.18 Å². The predicted octanol–water partition coefficient (Wildman–Crippen LogP) is 2.91. The summed E-state index contributed by atoms with van der Waals surface area (Å²) in [6.07, 6.45) is -3.55. The van der Waals surface area contributed by atoms with Crippen LogP contribution in [0.25, 0.3) is 0 Å². The fourth-order valence-corrected chi connectivity index (χ4v) is 2.18. The Bertz CT molecular complexity index is 674. The highest BCUT2D eigenvalue weighted by molar-refractivity contribution is 8.00. The van der Waals surface area contributed by atoms with E-state index in [1.165, 1.54) is 13.0 Å². The summed E-state index contributed by atoms with van der Waals surface area (Å²) in [6.45, 7) is 3.19. The van der Waals surface area contributed by atoms with Crippen LogP contribution in [0.5, 0.6) is 0 Å². The third-order valence-corrected chi connectivity index (χ3v) is 3.43. The second-order valence-electron chi connectivity index (χ2n) is 4.29. The number of amides is 1. The first-order chi connectivity index (χ1) is 10.3. The van der Waals surface area contributed by atoms with Gasteiger partial charge in [0.05, 0.1) is 5.25 Å². The van der Waals surface area contributed by atoms with Gasteiger partial charge in [0.15, 0.2) is 11.0 Å². The van der Waals surface area contributed by atoms with Crippen LogP contribution in [-0.4, -0.2) is 26.3 Å². The van der Waals surface area contributed by atoms with Crippen molar-refractivity contribution < 1.29 is 22.5 Å². The van der Waals surface area contributed by atoms with Crippen LogP contribution in [-0.2, 0) is 11.0 Å². The van der Waals surface area contributed by atoms with Gasteiger partial charge in [-0.05, 0) is 19.9 Å².